The normalized spacial score (nSPS) is 15.8. The van der Waals surface area contributed by atoms with Crippen molar-refractivity contribution in [3.05, 3.63) is 24.3 Å². The third-order valence-electron chi connectivity index (χ3n) is 3.10. The minimum Gasteiger partial charge on any atom is -0.444 e. The Kier molecular flexibility index (Phi) is 11.2. The van der Waals surface area contributed by atoms with Gasteiger partial charge >= 0.3 is 11.9 Å². The molecule has 0 spiro atoms. The van der Waals surface area contributed by atoms with Crippen molar-refractivity contribution in [3.8, 4) is 0 Å². The van der Waals surface area contributed by atoms with Gasteiger partial charge < -0.3 is 9.47 Å². The molecule has 0 aromatic carbocycles. The lowest BCUT2D eigenvalue weighted by atomic mass is 10.3. The van der Waals surface area contributed by atoms with Crippen LogP contribution in [0.1, 0.15) is 55.4 Å². The molecule has 0 bridgehead atoms. The molecule has 0 fully saturated rings. The molecule has 4 nitrogen and oxygen atoms in total. The van der Waals surface area contributed by atoms with Crippen molar-refractivity contribution < 1.29 is 19.1 Å². The zero-order valence-corrected chi connectivity index (χ0v) is 20.3. The maximum Gasteiger partial charge on any atom is 0.334 e. The Morgan fingerprint density at radius 3 is 1.33 bits per heavy atom. The topological polar surface area (TPSA) is 52.6 Å². The summed E-state index contributed by atoms with van der Waals surface area (Å²) in [5.74, 6) is 0.251. The highest BCUT2D eigenvalue weighted by Gasteiger charge is 2.42. The van der Waals surface area contributed by atoms with E-state index in [9.17, 15) is 9.59 Å². The smallest absolute Gasteiger partial charge is 0.334 e. The van der Waals surface area contributed by atoms with Crippen LogP contribution >= 0.6 is 35.3 Å². The fourth-order valence-electron chi connectivity index (χ4n) is 1.82. The van der Waals surface area contributed by atoms with Crippen molar-refractivity contribution in [3.63, 3.8) is 0 Å². The van der Waals surface area contributed by atoms with E-state index in [1.807, 2.05) is 13.8 Å². The van der Waals surface area contributed by atoms with E-state index in [2.05, 4.69) is 40.9 Å². The van der Waals surface area contributed by atoms with Crippen LogP contribution in [0.15, 0.2) is 24.3 Å². The highest BCUT2D eigenvalue weighted by Crippen LogP contribution is 2.44. The number of rotatable bonds is 12. The molecule has 0 aliphatic rings. The summed E-state index contributed by atoms with van der Waals surface area (Å²) in [6.07, 6.45) is 0. The van der Waals surface area contributed by atoms with Crippen molar-refractivity contribution in [1.29, 1.82) is 0 Å². The van der Waals surface area contributed by atoms with Gasteiger partial charge in [-0.2, -0.15) is 23.5 Å². The van der Waals surface area contributed by atoms with E-state index >= 15 is 0 Å². The van der Waals surface area contributed by atoms with Gasteiger partial charge in [0, 0.05) is 22.7 Å². The van der Waals surface area contributed by atoms with Crippen LogP contribution in [0.5, 0.6) is 0 Å². The summed E-state index contributed by atoms with van der Waals surface area (Å²) in [6.45, 7) is 22.7. The van der Waals surface area contributed by atoms with Crippen molar-refractivity contribution >= 4 is 47.2 Å². The Balaban J connectivity index is 5.63. The van der Waals surface area contributed by atoms with E-state index in [-0.39, 0.29) is 0 Å². The van der Waals surface area contributed by atoms with Gasteiger partial charge in [0.1, 0.15) is 0 Å². The molecular weight excluding hydrogens is 400 g/mol. The zero-order chi connectivity index (χ0) is 21.4. The van der Waals surface area contributed by atoms with Crippen LogP contribution in [0.4, 0.5) is 0 Å². The highest BCUT2D eigenvalue weighted by molar-refractivity contribution is 8.06. The number of esters is 2. The van der Waals surface area contributed by atoms with Gasteiger partial charge in [-0.25, -0.2) is 9.59 Å². The molecule has 0 aliphatic carbocycles. The van der Waals surface area contributed by atoms with Crippen molar-refractivity contribution in [2.75, 3.05) is 11.5 Å². The summed E-state index contributed by atoms with van der Waals surface area (Å²) in [6, 6.07) is 0. The summed E-state index contributed by atoms with van der Waals surface area (Å²) < 4.78 is 11.6. The molecule has 0 heterocycles. The Labute approximate surface area is 177 Å². The van der Waals surface area contributed by atoms with Gasteiger partial charge in [-0.3, -0.25) is 0 Å². The molecule has 2 atom stereocenters. The first-order chi connectivity index (χ1) is 12.2. The molecule has 0 aromatic rings. The molecule has 0 aromatic heterocycles. The fraction of sp³-hybridized carbons (Fsp3) is 0.700. The van der Waals surface area contributed by atoms with Gasteiger partial charge in [-0.1, -0.05) is 52.6 Å². The van der Waals surface area contributed by atoms with Crippen molar-refractivity contribution in [2.45, 2.75) is 75.8 Å². The first-order valence-electron chi connectivity index (χ1n) is 8.91. The molecule has 0 aliphatic heterocycles. The van der Waals surface area contributed by atoms with Gasteiger partial charge in [0.05, 0.1) is 0 Å². The second kappa shape index (κ2) is 11.5. The highest BCUT2D eigenvalue weighted by atomic mass is 32.2. The van der Waals surface area contributed by atoms with E-state index in [0.717, 1.165) is 0 Å². The minimum absolute atomic E-state index is 0.341. The third kappa shape index (κ3) is 11.2. The van der Waals surface area contributed by atoms with E-state index < -0.39 is 21.8 Å². The van der Waals surface area contributed by atoms with Crippen molar-refractivity contribution in [2.24, 2.45) is 0 Å². The average molecular weight is 435 g/mol. The van der Waals surface area contributed by atoms with Crippen LogP contribution in [0.3, 0.4) is 0 Å². The summed E-state index contributed by atoms with van der Waals surface area (Å²) in [7, 11) is 0. The van der Waals surface area contributed by atoms with Gasteiger partial charge in [0.25, 0.3) is 0 Å². The number of carbonyl (C=O) groups excluding carboxylic acids is 2. The number of carbonyl (C=O) groups is 2. The second-order valence-electron chi connectivity index (χ2n) is 7.43. The van der Waals surface area contributed by atoms with E-state index in [4.69, 9.17) is 9.47 Å². The molecule has 0 N–H and O–H groups in total. The Morgan fingerprint density at radius 2 is 1.11 bits per heavy atom. The van der Waals surface area contributed by atoms with Crippen LogP contribution in [0.25, 0.3) is 0 Å². The molecule has 0 rings (SSSR count). The number of hydrogen-bond donors (Lipinski definition) is 0. The molecule has 0 amide bonds. The Bertz CT molecular complexity index is 511. The molecule has 27 heavy (non-hydrogen) atoms. The van der Waals surface area contributed by atoms with Crippen LogP contribution in [-0.4, -0.2) is 43.8 Å². The maximum absolute atomic E-state index is 12.2. The quantitative estimate of drug-likeness (QED) is 0.223. The predicted molar refractivity (Wildman–Crippen MR) is 121 cm³/mol. The Morgan fingerprint density at radius 1 is 0.815 bits per heavy atom. The molecule has 156 valence electrons. The lowest BCUT2D eigenvalue weighted by Crippen LogP contribution is -2.41. The molecule has 0 saturated carbocycles. The summed E-state index contributed by atoms with van der Waals surface area (Å²) in [4.78, 5) is 22.7. The van der Waals surface area contributed by atoms with Crippen LogP contribution in [0.2, 0.25) is 0 Å². The lowest BCUT2D eigenvalue weighted by Gasteiger charge is -2.38. The van der Waals surface area contributed by atoms with Crippen molar-refractivity contribution in [1.82, 2.24) is 0 Å². The number of thioether (sulfide) groups is 3. The standard InChI is InChI=1S/C20H34O4S3/c1-13(2)17(21)23-19(9,11-25-15(5)6)27-20(10,12-26-16(7)8)24-18(22)14(3)4/h15-16H,1,3,11-12H2,2,4-10H3. The van der Waals surface area contributed by atoms with Crippen LogP contribution in [0, 0.1) is 0 Å². The van der Waals surface area contributed by atoms with E-state index in [0.29, 0.717) is 33.2 Å². The summed E-state index contributed by atoms with van der Waals surface area (Å²) in [5, 5.41) is 0.755. The lowest BCUT2D eigenvalue weighted by molar-refractivity contribution is -0.145. The molecule has 7 heteroatoms. The van der Waals surface area contributed by atoms with E-state index in [1.165, 1.54) is 11.8 Å². The third-order valence-corrected chi connectivity index (χ3v) is 7.56. The molecule has 0 saturated heterocycles. The maximum atomic E-state index is 12.2. The summed E-state index contributed by atoms with van der Waals surface area (Å²) in [5.41, 5.74) is 0.683. The van der Waals surface area contributed by atoms with Gasteiger partial charge in [0.2, 0.25) is 0 Å². The van der Waals surface area contributed by atoms with Gasteiger partial charge in [-0.05, 0) is 38.2 Å². The minimum atomic E-state index is -0.868. The number of ether oxygens (including phenoxy) is 2. The molecule has 0 radical (unpaired) electrons. The van der Waals surface area contributed by atoms with Crippen LogP contribution in [-0.2, 0) is 19.1 Å². The van der Waals surface area contributed by atoms with Gasteiger partial charge in [0.15, 0.2) is 9.87 Å². The molecular formula is C20H34O4S3. The second-order valence-corrected chi connectivity index (χ2v) is 12.5. The fourth-order valence-corrected chi connectivity index (χ4v) is 5.24. The SMILES string of the molecule is C=C(C)C(=O)OC(C)(CSC(C)C)SC(C)(CSC(C)C)OC(=O)C(=C)C. The largest absolute Gasteiger partial charge is 0.444 e. The first-order valence-corrected chi connectivity index (χ1v) is 11.8. The predicted octanol–water partition coefficient (Wildman–Crippen LogP) is 5.67. The average Bonchev–Trinajstić information content (AvgIpc) is 2.50. The summed E-state index contributed by atoms with van der Waals surface area (Å²) >= 11 is 4.74. The van der Waals surface area contributed by atoms with Crippen LogP contribution < -0.4 is 0 Å². The van der Waals surface area contributed by atoms with E-state index in [1.54, 1.807) is 37.4 Å². The zero-order valence-electron chi connectivity index (χ0n) is 17.8. The molecule has 2 unspecified atom stereocenters. The monoisotopic (exact) mass is 434 g/mol. The van der Waals surface area contributed by atoms with Gasteiger partial charge in [-0.15, -0.1) is 0 Å². The first kappa shape index (κ1) is 26.5. The Hall–Kier alpha value is -0.530. The number of hydrogen-bond acceptors (Lipinski definition) is 7.